The van der Waals surface area contributed by atoms with E-state index in [2.05, 4.69) is 10.5 Å². The van der Waals surface area contributed by atoms with Crippen molar-refractivity contribution in [3.63, 3.8) is 0 Å². The number of hydrogen-bond acceptors (Lipinski definition) is 3. The van der Waals surface area contributed by atoms with Crippen LogP contribution in [0.25, 0.3) is 5.69 Å². The molecule has 3 rings (SSSR count). The Hall–Kier alpha value is -2.86. The summed E-state index contributed by atoms with van der Waals surface area (Å²) in [6, 6.07) is 18.5. The Kier molecular flexibility index (Phi) is 6.66. The van der Waals surface area contributed by atoms with Crippen LogP contribution in [0, 0.1) is 19.7 Å². The summed E-state index contributed by atoms with van der Waals surface area (Å²) in [5, 5.41) is 4.06. The van der Waals surface area contributed by atoms with Gasteiger partial charge in [-0.1, -0.05) is 30.3 Å². The highest BCUT2D eigenvalue weighted by atomic mass is 32.2. The van der Waals surface area contributed by atoms with Crippen LogP contribution < -0.4 is 5.43 Å². The van der Waals surface area contributed by atoms with Crippen LogP contribution in [-0.2, 0) is 4.79 Å². The largest absolute Gasteiger partial charge is 0.315 e. The quantitative estimate of drug-likeness (QED) is 0.353. The van der Waals surface area contributed by atoms with E-state index in [4.69, 9.17) is 0 Å². The molecule has 0 saturated heterocycles. The lowest BCUT2D eigenvalue weighted by molar-refractivity contribution is -0.120. The maximum atomic E-state index is 14.1. The SMILES string of the molecule is Cc1cc(/C=N\NC(=O)CCSc2ccccc2)c(C)n1-c1ccccc1F. The molecule has 28 heavy (non-hydrogen) atoms. The number of benzene rings is 2. The number of hydrazone groups is 1. The number of hydrogen-bond donors (Lipinski definition) is 1. The zero-order valence-corrected chi connectivity index (χ0v) is 16.7. The number of carbonyl (C=O) groups excluding carboxylic acids is 1. The molecule has 0 aliphatic heterocycles. The predicted molar refractivity (Wildman–Crippen MR) is 113 cm³/mol. The van der Waals surface area contributed by atoms with E-state index in [1.165, 1.54) is 6.07 Å². The highest BCUT2D eigenvalue weighted by molar-refractivity contribution is 7.99. The molecule has 0 radical (unpaired) electrons. The van der Waals surface area contributed by atoms with Gasteiger partial charge in [0.1, 0.15) is 5.82 Å². The van der Waals surface area contributed by atoms with Gasteiger partial charge >= 0.3 is 0 Å². The van der Waals surface area contributed by atoms with Gasteiger partial charge in [0.2, 0.25) is 5.91 Å². The van der Waals surface area contributed by atoms with E-state index in [-0.39, 0.29) is 11.7 Å². The Balaban J connectivity index is 1.58. The highest BCUT2D eigenvalue weighted by Gasteiger charge is 2.12. The third-order valence-electron chi connectivity index (χ3n) is 4.30. The minimum atomic E-state index is -0.281. The normalized spacial score (nSPS) is 11.1. The Labute approximate surface area is 168 Å². The summed E-state index contributed by atoms with van der Waals surface area (Å²) in [5.41, 5.74) is 5.65. The Morgan fingerprint density at radius 3 is 2.61 bits per heavy atom. The van der Waals surface area contributed by atoms with Crippen molar-refractivity contribution in [1.82, 2.24) is 9.99 Å². The van der Waals surface area contributed by atoms with Gasteiger partial charge in [-0.15, -0.1) is 11.8 Å². The molecule has 144 valence electrons. The Morgan fingerprint density at radius 2 is 1.86 bits per heavy atom. The Morgan fingerprint density at radius 1 is 1.14 bits per heavy atom. The van der Waals surface area contributed by atoms with Crippen LogP contribution >= 0.6 is 11.8 Å². The molecular formula is C22H22FN3OS. The van der Waals surface area contributed by atoms with Crippen molar-refractivity contribution >= 4 is 23.9 Å². The second-order valence-corrected chi connectivity index (χ2v) is 7.49. The van der Waals surface area contributed by atoms with Crippen LogP contribution in [0.1, 0.15) is 23.4 Å². The minimum Gasteiger partial charge on any atom is -0.315 e. The number of carbonyl (C=O) groups is 1. The summed E-state index contributed by atoms with van der Waals surface area (Å²) in [7, 11) is 0. The molecule has 0 unspecified atom stereocenters. The summed E-state index contributed by atoms with van der Waals surface area (Å²) in [6.07, 6.45) is 1.98. The molecule has 0 atom stereocenters. The number of amides is 1. The van der Waals surface area contributed by atoms with Crippen molar-refractivity contribution in [2.75, 3.05) is 5.75 Å². The summed E-state index contributed by atoms with van der Waals surface area (Å²) in [5.74, 6) is 0.271. The van der Waals surface area contributed by atoms with E-state index in [0.29, 0.717) is 17.9 Å². The average molecular weight is 396 g/mol. The number of thioether (sulfide) groups is 1. The van der Waals surface area contributed by atoms with E-state index >= 15 is 0 Å². The van der Waals surface area contributed by atoms with Gasteiger partial charge in [-0.25, -0.2) is 9.82 Å². The van der Waals surface area contributed by atoms with Crippen LogP contribution in [0.2, 0.25) is 0 Å². The third-order valence-corrected chi connectivity index (χ3v) is 5.31. The maximum absolute atomic E-state index is 14.1. The first-order valence-corrected chi connectivity index (χ1v) is 9.98. The molecule has 0 bridgehead atoms. The smallest absolute Gasteiger partial charge is 0.240 e. The molecule has 0 spiro atoms. The molecule has 0 aliphatic carbocycles. The lowest BCUT2D eigenvalue weighted by Gasteiger charge is -2.10. The number of halogens is 1. The summed E-state index contributed by atoms with van der Waals surface area (Å²) in [4.78, 5) is 13.1. The lowest BCUT2D eigenvalue weighted by atomic mass is 10.2. The molecule has 1 aromatic heterocycles. The standard InChI is InChI=1S/C22H22FN3OS/c1-16-14-18(17(2)26(16)21-11-7-6-10-20(21)23)15-24-25-22(27)12-13-28-19-8-4-3-5-9-19/h3-11,14-15H,12-13H2,1-2H3,(H,25,27)/b24-15-. The molecular weight excluding hydrogens is 373 g/mol. The molecule has 1 amide bonds. The first kappa shape index (κ1) is 19.9. The minimum absolute atomic E-state index is 0.136. The number of aromatic nitrogens is 1. The van der Waals surface area contributed by atoms with Crippen molar-refractivity contribution < 1.29 is 9.18 Å². The summed E-state index contributed by atoms with van der Waals surface area (Å²) < 4.78 is 16.0. The fourth-order valence-corrected chi connectivity index (χ4v) is 3.80. The zero-order chi connectivity index (χ0) is 19.9. The molecule has 3 aromatic rings. The molecule has 2 aromatic carbocycles. The molecule has 0 aliphatic rings. The second kappa shape index (κ2) is 9.37. The van der Waals surface area contributed by atoms with Crippen LogP contribution in [0.15, 0.2) is 70.7 Å². The molecule has 6 heteroatoms. The Bertz CT molecular complexity index is 983. The van der Waals surface area contributed by atoms with Crippen LogP contribution in [-0.4, -0.2) is 22.4 Å². The molecule has 1 N–H and O–H groups in total. The van der Waals surface area contributed by atoms with E-state index in [0.717, 1.165) is 21.8 Å². The first-order valence-electron chi connectivity index (χ1n) is 9.00. The lowest BCUT2D eigenvalue weighted by Crippen LogP contribution is -2.17. The highest BCUT2D eigenvalue weighted by Crippen LogP contribution is 2.22. The van der Waals surface area contributed by atoms with Crippen molar-refractivity contribution in [1.29, 1.82) is 0 Å². The molecule has 4 nitrogen and oxygen atoms in total. The van der Waals surface area contributed by atoms with Crippen molar-refractivity contribution in [3.05, 3.63) is 83.4 Å². The number of para-hydroxylation sites is 1. The number of rotatable bonds is 7. The van der Waals surface area contributed by atoms with Gasteiger partial charge in [-0.3, -0.25) is 4.79 Å². The summed E-state index contributed by atoms with van der Waals surface area (Å²) >= 11 is 1.63. The van der Waals surface area contributed by atoms with Gasteiger partial charge in [0.05, 0.1) is 11.9 Å². The van der Waals surface area contributed by atoms with Gasteiger partial charge < -0.3 is 4.57 Å². The van der Waals surface area contributed by atoms with Crippen molar-refractivity contribution in [2.24, 2.45) is 5.10 Å². The van der Waals surface area contributed by atoms with Crippen LogP contribution in [0.5, 0.6) is 0 Å². The topological polar surface area (TPSA) is 46.4 Å². The monoisotopic (exact) mass is 395 g/mol. The molecule has 0 saturated carbocycles. The first-order chi connectivity index (χ1) is 13.6. The van der Waals surface area contributed by atoms with Gasteiger partial charge in [0, 0.05) is 34.0 Å². The van der Waals surface area contributed by atoms with Crippen molar-refractivity contribution in [3.8, 4) is 5.69 Å². The van der Waals surface area contributed by atoms with Gasteiger partial charge in [0.15, 0.2) is 0 Å². The zero-order valence-electron chi connectivity index (χ0n) is 15.9. The second-order valence-electron chi connectivity index (χ2n) is 6.32. The van der Waals surface area contributed by atoms with Gasteiger partial charge in [-0.2, -0.15) is 5.10 Å². The van der Waals surface area contributed by atoms with E-state index in [1.807, 2.05) is 54.8 Å². The molecule has 0 fully saturated rings. The number of nitrogens with zero attached hydrogens (tertiary/aromatic N) is 2. The van der Waals surface area contributed by atoms with Crippen LogP contribution in [0.3, 0.4) is 0 Å². The van der Waals surface area contributed by atoms with E-state index in [9.17, 15) is 9.18 Å². The van der Waals surface area contributed by atoms with Crippen molar-refractivity contribution in [2.45, 2.75) is 25.2 Å². The molecule has 1 heterocycles. The van der Waals surface area contributed by atoms with Crippen LogP contribution in [0.4, 0.5) is 4.39 Å². The fraction of sp³-hybridized carbons (Fsp3) is 0.182. The predicted octanol–water partition coefficient (Wildman–Crippen LogP) is 4.87. The average Bonchev–Trinajstić information content (AvgIpc) is 2.97. The van der Waals surface area contributed by atoms with Gasteiger partial charge in [0.25, 0.3) is 0 Å². The summed E-state index contributed by atoms with van der Waals surface area (Å²) in [6.45, 7) is 3.81. The number of nitrogens with one attached hydrogen (secondary N) is 1. The number of aryl methyl sites for hydroxylation is 1. The van der Waals surface area contributed by atoms with E-state index < -0.39 is 0 Å². The van der Waals surface area contributed by atoms with Gasteiger partial charge in [-0.05, 0) is 44.2 Å². The fourth-order valence-electron chi connectivity index (χ4n) is 2.93. The third kappa shape index (κ3) is 4.89. The van der Waals surface area contributed by atoms with E-state index in [1.54, 1.807) is 36.2 Å². The maximum Gasteiger partial charge on any atom is 0.240 e.